The highest BCUT2D eigenvalue weighted by Crippen LogP contribution is 1.94. The first kappa shape index (κ1) is 10.2. The van der Waals surface area contributed by atoms with Gasteiger partial charge in [0.25, 0.3) is 0 Å². The van der Waals surface area contributed by atoms with Gasteiger partial charge in [-0.15, -0.1) is 0 Å². The van der Waals surface area contributed by atoms with Gasteiger partial charge in [0.05, 0.1) is 18.4 Å². The van der Waals surface area contributed by atoms with Crippen molar-refractivity contribution in [3.8, 4) is 0 Å². The minimum Gasteiger partial charge on any atom is -0.394 e. The molecule has 1 heterocycles. The van der Waals surface area contributed by atoms with E-state index >= 15 is 0 Å². The average molecular weight is 185 g/mol. The second-order valence-electron chi connectivity index (χ2n) is 2.91. The number of aliphatic hydroxyl groups is 2. The van der Waals surface area contributed by atoms with Crippen molar-refractivity contribution in [2.75, 3.05) is 13.2 Å². The Kier molecular flexibility index (Phi) is 3.88. The molecule has 1 atom stereocenters. The third-order valence-electron chi connectivity index (χ3n) is 1.82. The lowest BCUT2D eigenvalue weighted by Crippen LogP contribution is -2.29. The van der Waals surface area contributed by atoms with Crippen LogP contribution in [0.4, 0.5) is 0 Å². The first-order chi connectivity index (χ1) is 6.24. The molecule has 0 fully saturated rings. The molecule has 0 aliphatic heterocycles. The lowest BCUT2D eigenvalue weighted by atomic mass is 10.3. The zero-order valence-electron chi connectivity index (χ0n) is 7.64. The first-order valence-electron chi connectivity index (χ1n) is 4.20. The molecule has 3 N–H and O–H groups in total. The maximum atomic E-state index is 9.02. The van der Waals surface area contributed by atoms with Crippen LogP contribution in [-0.4, -0.2) is 39.2 Å². The quantitative estimate of drug-likeness (QED) is 0.542. The maximum Gasteiger partial charge on any atom is 0.0895 e. The molecule has 13 heavy (non-hydrogen) atoms. The van der Waals surface area contributed by atoms with E-state index in [2.05, 4.69) is 10.4 Å². The molecule has 0 amide bonds. The molecule has 0 aliphatic carbocycles. The van der Waals surface area contributed by atoms with Crippen LogP contribution in [0.3, 0.4) is 0 Å². The van der Waals surface area contributed by atoms with Crippen LogP contribution in [0.5, 0.6) is 0 Å². The van der Waals surface area contributed by atoms with Crippen molar-refractivity contribution in [1.82, 2.24) is 15.1 Å². The van der Waals surface area contributed by atoms with Gasteiger partial charge in [0, 0.05) is 26.3 Å². The lowest BCUT2D eigenvalue weighted by molar-refractivity contribution is 0.0941. The SMILES string of the molecule is Cn1nccc1CNCC(O)CO. The Hall–Kier alpha value is -0.910. The average Bonchev–Trinajstić information content (AvgIpc) is 2.52. The van der Waals surface area contributed by atoms with Crippen LogP contribution in [0.1, 0.15) is 5.69 Å². The summed E-state index contributed by atoms with van der Waals surface area (Å²) in [5, 5.41) is 24.6. The molecule has 1 aromatic heterocycles. The van der Waals surface area contributed by atoms with Gasteiger partial charge in [-0.1, -0.05) is 0 Å². The van der Waals surface area contributed by atoms with E-state index < -0.39 is 6.10 Å². The highest BCUT2D eigenvalue weighted by molar-refractivity contribution is 4.99. The Balaban J connectivity index is 2.24. The van der Waals surface area contributed by atoms with Crippen molar-refractivity contribution in [3.05, 3.63) is 18.0 Å². The minimum atomic E-state index is -0.687. The van der Waals surface area contributed by atoms with Crippen LogP contribution in [0.25, 0.3) is 0 Å². The molecule has 5 heteroatoms. The van der Waals surface area contributed by atoms with Gasteiger partial charge in [-0.25, -0.2) is 0 Å². The van der Waals surface area contributed by atoms with E-state index in [-0.39, 0.29) is 6.61 Å². The number of nitrogens with zero attached hydrogens (tertiary/aromatic N) is 2. The zero-order valence-corrected chi connectivity index (χ0v) is 7.64. The summed E-state index contributed by atoms with van der Waals surface area (Å²) in [6.07, 6.45) is 1.03. The van der Waals surface area contributed by atoms with E-state index in [0.717, 1.165) is 5.69 Å². The molecule has 74 valence electrons. The Labute approximate surface area is 77.0 Å². The van der Waals surface area contributed by atoms with Crippen LogP contribution in [0, 0.1) is 0 Å². The largest absolute Gasteiger partial charge is 0.394 e. The van der Waals surface area contributed by atoms with E-state index in [0.29, 0.717) is 13.1 Å². The summed E-state index contributed by atoms with van der Waals surface area (Å²) < 4.78 is 1.76. The lowest BCUT2D eigenvalue weighted by Gasteiger charge is -2.08. The summed E-state index contributed by atoms with van der Waals surface area (Å²) in [4.78, 5) is 0. The normalized spacial score (nSPS) is 13.2. The number of aromatic nitrogens is 2. The fourth-order valence-corrected chi connectivity index (χ4v) is 1.01. The third-order valence-corrected chi connectivity index (χ3v) is 1.82. The van der Waals surface area contributed by atoms with Crippen molar-refractivity contribution >= 4 is 0 Å². The van der Waals surface area contributed by atoms with Gasteiger partial charge in [0.2, 0.25) is 0 Å². The van der Waals surface area contributed by atoms with Crippen molar-refractivity contribution in [3.63, 3.8) is 0 Å². The Bertz CT molecular complexity index is 249. The number of nitrogens with one attached hydrogen (secondary N) is 1. The molecule has 0 radical (unpaired) electrons. The van der Waals surface area contributed by atoms with Crippen LogP contribution in [0.15, 0.2) is 12.3 Å². The number of rotatable bonds is 5. The zero-order chi connectivity index (χ0) is 9.68. The maximum absolute atomic E-state index is 9.02. The molecule has 1 aromatic rings. The summed E-state index contributed by atoms with van der Waals surface area (Å²) in [6.45, 7) is 0.827. The second kappa shape index (κ2) is 4.96. The van der Waals surface area contributed by atoms with Crippen molar-refractivity contribution < 1.29 is 10.2 Å². The van der Waals surface area contributed by atoms with Gasteiger partial charge < -0.3 is 15.5 Å². The number of aliphatic hydroxyl groups excluding tert-OH is 2. The molecule has 1 rings (SSSR count). The van der Waals surface area contributed by atoms with Gasteiger partial charge in [-0.3, -0.25) is 4.68 Å². The smallest absolute Gasteiger partial charge is 0.0895 e. The summed E-state index contributed by atoms with van der Waals surface area (Å²) in [7, 11) is 1.86. The molecule has 0 saturated carbocycles. The number of hydrogen-bond acceptors (Lipinski definition) is 4. The van der Waals surface area contributed by atoms with Crippen molar-refractivity contribution in [2.45, 2.75) is 12.6 Å². The second-order valence-corrected chi connectivity index (χ2v) is 2.91. The molecule has 5 nitrogen and oxygen atoms in total. The Morgan fingerprint density at radius 3 is 3.00 bits per heavy atom. The molecule has 1 unspecified atom stereocenters. The topological polar surface area (TPSA) is 70.3 Å². The third kappa shape index (κ3) is 3.14. The van der Waals surface area contributed by atoms with Crippen LogP contribution in [-0.2, 0) is 13.6 Å². The van der Waals surface area contributed by atoms with E-state index in [1.807, 2.05) is 13.1 Å². The number of aryl methyl sites for hydroxylation is 1. The summed E-state index contributed by atoms with van der Waals surface area (Å²) >= 11 is 0. The van der Waals surface area contributed by atoms with Crippen LogP contribution < -0.4 is 5.32 Å². The molecule has 0 aromatic carbocycles. The summed E-state index contributed by atoms with van der Waals surface area (Å²) in [5.41, 5.74) is 1.05. The van der Waals surface area contributed by atoms with Gasteiger partial charge >= 0.3 is 0 Å². The monoisotopic (exact) mass is 185 g/mol. The van der Waals surface area contributed by atoms with Gasteiger partial charge in [0.1, 0.15) is 0 Å². The molecule has 0 bridgehead atoms. The fraction of sp³-hybridized carbons (Fsp3) is 0.625. The van der Waals surface area contributed by atoms with E-state index in [1.54, 1.807) is 10.9 Å². The van der Waals surface area contributed by atoms with Crippen molar-refractivity contribution in [2.24, 2.45) is 7.05 Å². The van der Waals surface area contributed by atoms with Crippen LogP contribution in [0.2, 0.25) is 0 Å². The van der Waals surface area contributed by atoms with Gasteiger partial charge in [0.15, 0.2) is 0 Å². The Morgan fingerprint density at radius 2 is 2.46 bits per heavy atom. The molecule has 0 aliphatic rings. The van der Waals surface area contributed by atoms with Gasteiger partial charge in [-0.2, -0.15) is 5.10 Å². The molecular weight excluding hydrogens is 170 g/mol. The highest BCUT2D eigenvalue weighted by Gasteiger charge is 2.01. The Morgan fingerprint density at radius 1 is 1.69 bits per heavy atom. The van der Waals surface area contributed by atoms with Gasteiger partial charge in [-0.05, 0) is 6.07 Å². The standard InChI is InChI=1S/C8H15N3O2/c1-11-7(2-3-10-11)4-9-5-8(13)6-12/h2-3,8-9,12-13H,4-6H2,1H3. The van der Waals surface area contributed by atoms with E-state index in [9.17, 15) is 0 Å². The molecular formula is C8H15N3O2. The fourth-order valence-electron chi connectivity index (χ4n) is 1.01. The summed E-state index contributed by atoms with van der Waals surface area (Å²) in [6, 6.07) is 1.90. The predicted molar refractivity (Wildman–Crippen MR) is 48.0 cm³/mol. The predicted octanol–water partition coefficient (Wildman–Crippen LogP) is -1.14. The van der Waals surface area contributed by atoms with E-state index in [4.69, 9.17) is 10.2 Å². The van der Waals surface area contributed by atoms with Crippen molar-refractivity contribution in [1.29, 1.82) is 0 Å². The summed E-state index contributed by atoms with van der Waals surface area (Å²) in [5.74, 6) is 0. The minimum absolute atomic E-state index is 0.210. The first-order valence-corrected chi connectivity index (χ1v) is 4.20. The molecule has 0 spiro atoms. The van der Waals surface area contributed by atoms with E-state index in [1.165, 1.54) is 0 Å². The highest BCUT2D eigenvalue weighted by atomic mass is 16.3. The number of hydrogen-bond donors (Lipinski definition) is 3. The van der Waals surface area contributed by atoms with Crippen LogP contribution >= 0.6 is 0 Å². The molecule has 0 saturated heterocycles.